The van der Waals surface area contributed by atoms with E-state index in [-0.39, 0.29) is 60.9 Å². The van der Waals surface area contributed by atoms with Crippen LogP contribution in [0.25, 0.3) is 98.5 Å². The van der Waals surface area contributed by atoms with E-state index in [2.05, 4.69) is 24.3 Å². The van der Waals surface area contributed by atoms with Crippen LogP contribution in [0.4, 0.5) is 0 Å². The molecular formula is C49H31N3S. The van der Waals surface area contributed by atoms with Crippen LogP contribution in [0, 0.1) is 0 Å². The minimum Gasteiger partial charge on any atom is -0.208 e. The number of thiophene rings is 1. The Morgan fingerprint density at radius 1 is 0.358 bits per heavy atom. The summed E-state index contributed by atoms with van der Waals surface area (Å²) in [7, 11) is 0. The maximum absolute atomic E-state index is 9.58. The van der Waals surface area contributed by atoms with Crippen molar-refractivity contribution in [3.05, 3.63) is 188 Å². The summed E-state index contributed by atoms with van der Waals surface area (Å²) in [4.78, 5) is 14.6. The van der Waals surface area contributed by atoms with Crippen LogP contribution in [0.5, 0.6) is 0 Å². The van der Waals surface area contributed by atoms with Crippen LogP contribution in [-0.2, 0) is 0 Å². The lowest BCUT2D eigenvalue weighted by molar-refractivity contribution is 1.07. The number of hydrogen-bond acceptors (Lipinski definition) is 4. The quantitative estimate of drug-likeness (QED) is 0.173. The fraction of sp³-hybridized carbons (Fsp3) is 0. The maximum Gasteiger partial charge on any atom is 0.164 e. The zero-order valence-corrected chi connectivity index (χ0v) is 28.6. The van der Waals surface area contributed by atoms with Crippen LogP contribution in [-0.4, -0.2) is 15.0 Å². The molecule has 0 radical (unpaired) electrons. The monoisotopic (exact) mass is 704 g/mol. The number of nitrogens with zero attached hydrogens (tertiary/aromatic N) is 3. The van der Waals surface area contributed by atoms with Crippen LogP contribution in [0.15, 0.2) is 188 Å². The molecule has 0 bridgehead atoms. The molecule has 0 atom stereocenters. The van der Waals surface area contributed by atoms with Gasteiger partial charge in [0.1, 0.15) is 0 Å². The highest BCUT2D eigenvalue weighted by molar-refractivity contribution is 7.25. The molecule has 0 amide bonds. The Morgan fingerprint density at radius 3 is 1.72 bits per heavy atom. The van der Waals surface area contributed by atoms with Crippen LogP contribution in [0.2, 0.25) is 0 Å². The number of aromatic nitrogens is 3. The van der Waals surface area contributed by atoms with E-state index in [0.717, 1.165) is 44.4 Å². The van der Waals surface area contributed by atoms with Crippen LogP contribution in [0.1, 0.15) is 15.1 Å². The van der Waals surface area contributed by atoms with Crippen molar-refractivity contribution in [2.45, 2.75) is 0 Å². The van der Waals surface area contributed by atoms with Crippen molar-refractivity contribution in [3.8, 4) is 67.5 Å². The molecular weight excluding hydrogens is 663 g/mol. The van der Waals surface area contributed by atoms with Crippen LogP contribution in [0.3, 0.4) is 0 Å². The third kappa shape index (κ3) is 5.85. The minimum absolute atomic E-state index is 0.000829. The predicted molar refractivity (Wildman–Crippen MR) is 223 cm³/mol. The molecule has 2 aromatic heterocycles. The second kappa shape index (κ2) is 13.1. The van der Waals surface area contributed by atoms with Gasteiger partial charge in [-0.3, -0.25) is 0 Å². The number of fused-ring (bicyclic) bond motifs is 4. The number of rotatable bonds is 6. The van der Waals surface area contributed by atoms with E-state index >= 15 is 0 Å². The first-order chi connectivity index (χ1) is 30.8. The molecule has 0 saturated carbocycles. The van der Waals surface area contributed by atoms with Crippen molar-refractivity contribution in [1.82, 2.24) is 15.0 Å². The molecule has 8 aromatic carbocycles. The Balaban J connectivity index is 1.17. The van der Waals surface area contributed by atoms with Gasteiger partial charge in [0.15, 0.2) is 17.5 Å². The molecule has 0 unspecified atom stereocenters. The van der Waals surface area contributed by atoms with E-state index in [4.69, 9.17) is 24.5 Å². The normalized spacial score (nSPS) is 14.3. The Kier molecular flexibility index (Phi) is 5.33. The summed E-state index contributed by atoms with van der Waals surface area (Å²) in [6.07, 6.45) is 0. The number of hydrogen-bond donors (Lipinski definition) is 0. The highest BCUT2D eigenvalue weighted by Gasteiger charge is 2.15. The third-order valence-corrected chi connectivity index (χ3v) is 10.1. The maximum atomic E-state index is 9.58. The molecule has 10 rings (SSSR count). The minimum atomic E-state index is -0.659. The smallest absolute Gasteiger partial charge is 0.164 e. The fourth-order valence-corrected chi connectivity index (χ4v) is 7.44. The Labute approximate surface area is 327 Å². The van der Waals surface area contributed by atoms with Gasteiger partial charge in [-0.05, 0) is 62.3 Å². The molecule has 3 nitrogen and oxygen atoms in total. The number of benzene rings is 8. The van der Waals surface area contributed by atoms with E-state index in [1.165, 1.54) is 0 Å². The molecule has 4 heteroatoms. The Hall–Kier alpha value is -6.75. The van der Waals surface area contributed by atoms with E-state index < -0.39 is 59.9 Å². The lowest BCUT2D eigenvalue weighted by atomic mass is 9.97. The fourth-order valence-electron chi connectivity index (χ4n) is 6.47. The largest absolute Gasteiger partial charge is 0.208 e. The Bertz CT molecular complexity index is 3530. The van der Waals surface area contributed by atoms with E-state index in [9.17, 15) is 5.48 Å². The molecule has 0 fully saturated rings. The highest BCUT2D eigenvalue weighted by atomic mass is 32.1. The zero-order valence-electron chi connectivity index (χ0n) is 38.8. The van der Waals surface area contributed by atoms with Crippen molar-refractivity contribution < 1.29 is 15.1 Å². The van der Waals surface area contributed by atoms with Gasteiger partial charge < -0.3 is 0 Å². The molecule has 10 aromatic rings. The lowest BCUT2D eigenvalue weighted by Crippen LogP contribution is -2.00. The molecule has 0 spiro atoms. The molecule has 248 valence electrons. The van der Waals surface area contributed by atoms with Crippen molar-refractivity contribution in [1.29, 1.82) is 0 Å². The molecule has 0 saturated heterocycles. The summed E-state index contributed by atoms with van der Waals surface area (Å²) in [5.74, 6) is 0.497. The van der Waals surface area contributed by atoms with Crippen molar-refractivity contribution in [2.24, 2.45) is 0 Å². The van der Waals surface area contributed by atoms with Crippen LogP contribution >= 0.6 is 11.3 Å². The van der Waals surface area contributed by atoms with E-state index in [1.54, 1.807) is 0 Å². The summed E-state index contributed by atoms with van der Waals surface area (Å²) < 4.78 is 97.5. The first-order valence-corrected chi connectivity index (χ1v) is 17.7. The topological polar surface area (TPSA) is 38.7 Å². The van der Waals surface area contributed by atoms with Crippen LogP contribution < -0.4 is 0 Å². The zero-order chi connectivity index (χ0) is 44.7. The second-order valence-corrected chi connectivity index (χ2v) is 13.4. The van der Waals surface area contributed by atoms with Crippen molar-refractivity contribution in [3.63, 3.8) is 0 Å². The van der Waals surface area contributed by atoms with Gasteiger partial charge in [-0.2, -0.15) is 0 Å². The molecule has 0 aliphatic rings. The lowest BCUT2D eigenvalue weighted by Gasteiger charge is -2.11. The summed E-state index contributed by atoms with van der Waals surface area (Å²) in [6.45, 7) is 0. The van der Waals surface area contributed by atoms with Gasteiger partial charge in [0.05, 0.1) is 15.1 Å². The van der Waals surface area contributed by atoms with Crippen molar-refractivity contribution >= 4 is 42.3 Å². The summed E-state index contributed by atoms with van der Waals surface area (Å²) in [5.41, 5.74) is 4.48. The first-order valence-electron chi connectivity index (χ1n) is 22.4. The highest BCUT2D eigenvalue weighted by Crippen LogP contribution is 2.39. The predicted octanol–water partition coefficient (Wildman–Crippen LogP) is 13.4. The first kappa shape index (κ1) is 21.6. The standard InChI is InChI=1S/C49H31N3S/c1-3-10-32(11-4-1)34-18-22-37(23-19-34)47-50-48(38-24-20-36(21-25-38)42-17-9-15-35-14-7-8-16-41(35)42)52-49(51-47)40-26-28-43-44-30-39(33-12-5-2-6-13-33)27-29-45(44)53-46(43)31-40/h1-31H/i2D,5D,6D,12D,13D,26D,27D,28D,29D,30D,31D. The van der Waals surface area contributed by atoms with Gasteiger partial charge in [0, 0.05) is 36.9 Å². The van der Waals surface area contributed by atoms with Gasteiger partial charge in [-0.15, -0.1) is 11.3 Å². The van der Waals surface area contributed by atoms with E-state index in [1.807, 2.05) is 97.1 Å². The summed E-state index contributed by atoms with van der Waals surface area (Å²) in [5, 5.41) is 2.20. The van der Waals surface area contributed by atoms with Gasteiger partial charge in [-0.25, -0.2) is 15.0 Å². The summed E-state index contributed by atoms with van der Waals surface area (Å²) in [6, 6.07) is 34.0. The SMILES string of the molecule is [2H]c1c([2H])c([2H])c(-c2c([2H])c([2H])c3sc4c([2H])c(-c5nc(-c6ccc(-c7ccccc7)cc6)nc(-c6ccc(-c7cccc8ccccc78)cc6)n5)c([2H])c([2H])c4c3c2[2H])c([2H])c1[2H]. The summed E-state index contributed by atoms with van der Waals surface area (Å²) >= 11 is 0.909. The molecule has 0 aliphatic heterocycles. The molecule has 2 heterocycles. The average Bonchev–Trinajstić information content (AvgIpc) is 3.74. The molecule has 0 aliphatic carbocycles. The third-order valence-electron chi connectivity index (χ3n) is 9.11. The van der Waals surface area contributed by atoms with Gasteiger partial charge in [-0.1, -0.05) is 170 Å². The molecule has 53 heavy (non-hydrogen) atoms. The van der Waals surface area contributed by atoms with Gasteiger partial charge >= 0.3 is 0 Å². The van der Waals surface area contributed by atoms with Gasteiger partial charge in [0.25, 0.3) is 0 Å². The second-order valence-electron chi connectivity index (χ2n) is 12.4. The Morgan fingerprint density at radius 2 is 0.962 bits per heavy atom. The molecule has 0 N–H and O–H groups in total. The van der Waals surface area contributed by atoms with Crippen molar-refractivity contribution in [2.75, 3.05) is 0 Å². The van der Waals surface area contributed by atoms with Gasteiger partial charge in [0.2, 0.25) is 0 Å². The average molecular weight is 705 g/mol. The van der Waals surface area contributed by atoms with E-state index in [0.29, 0.717) is 11.1 Å².